The molecule has 1 aliphatic heterocycles. The maximum Gasteiger partial charge on any atom is 0.244 e. The molecule has 1 amide bonds. The molecule has 0 spiro atoms. The summed E-state index contributed by atoms with van der Waals surface area (Å²) < 4.78 is 0. The maximum absolute atomic E-state index is 12.6. The van der Waals surface area contributed by atoms with E-state index in [0.29, 0.717) is 6.54 Å². The van der Waals surface area contributed by atoms with Crippen molar-refractivity contribution in [3.63, 3.8) is 0 Å². The van der Waals surface area contributed by atoms with Crippen molar-refractivity contribution in [2.24, 2.45) is 11.1 Å². The minimum absolute atomic E-state index is 0.00745. The van der Waals surface area contributed by atoms with E-state index in [9.17, 15) is 4.79 Å². The second-order valence-electron chi connectivity index (χ2n) is 6.24. The molecule has 2 rings (SSSR count). The van der Waals surface area contributed by atoms with Gasteiger partial charge in [0.2, 0.25) is 5.91 Å². The summed E-state index contributed by atoms with van der Waals surface area (Å²) in [5, 5.41) is 0. The van der Waals surface area contributed by atoms with Crippen molar-refractivity contribution in [2.75, 3.05) is 29.9 Å². The third-order valence-corrected chi connectivity index (χ3v) is 3.71. The standard InChI is InChI=1S/C15H23N3O/c1-15(2,3)13(16)14(19)18-10-9-17(4)11-7-5-6-8-12(11)18/h5-8,13H,9-10,16H2,1-4H3/t13-/m1/s1. The minimum Gasteiger partial charge on any atom is -0.371 e. The van der Waals surface area contributed by atoms with Gasteiger partial charge in [-0.3, -0.25) is 4.79 Å². The van der Waals surface area contributed by atoms with Crippen LogP contribution in [0.25, 0.3) is 0 Å². The maximum atomic E-state index is 12.6. The zero-order chi connectivity index (χ0) is 14.2. The number of fused-ring (bicyclic) bond motifs is 1. The lowest BCUT2D eigenvalue weighted by atomic mass is 9.86. The molecule has 19 heavy (non-hydrogen) atoms. The van der Waals surface area contributed by atoms with Crippen molar-refractivity contribution < 1.29 is 4.79 Å². The van der Waals surface area contributed by atoms with Gasteiger partial charge in [0, 0.05) is 20.1 Å². The Balaban J connectivity index is 2.33. The number of carbonyl (C=O) groups excluding carboxylic acids is 1. The van der Waals surface area contributed by atoms with Crippen LogP contribution in [0.3, 0.4) is 0 Å². The van der Waals surface area contributed by atoms with Gasteiger partial charge in [-0.1, -0.05) is 32.9 Å². The van der Waals surface area contributed by atoms with Crippen LogP contribution in [0.2, 0.25) is 0 Å². The number of nitrogens with zero attached hydrogens (tertiary/aromatic N) is 2. The Kier molecular flexibility index (Phi) is 3.54. The van der Waals surface area contributed by atoms with Crippen molar-refractivity contribution in [3.05, 3.63) is 24.3 Å². The molecule has 0 aliphatic carbocycles. The largest absolute Gasteiger partial charge is 0.371 e. The smallest absolute Gasteiger partial charge is 0.244 e. The van der Waals surface area contributed by atoms with E-state index in [4.69, 9.17) is 5.73 Å². The molecule has 1 aromatic rings. The van der Waals surface area contributed by atoms with Crippen LogP contribution in [-0.2, 0) is 4.79 Å². The Labute approximate surface area is 115 Å². The lowest BCUT2D eigenvalue weighted by molar-refractivity contribution is -0.121. The molecule has 104 valence electrons. The number of hydrogen-bond acceptors (Lipinski definition) is 3. The molecule has 1 atom stereocenters. The van der Waals surface area contributed by atoms with Crippen LogP contribution in [0.5, 0.6) is 0 Å². The zero-order valence-electron chi connectivity index (χ0n) is 12.2. The molecule has 4 heteroatoms. The van der Waals surface area contributed by atoms with Crippen LogP contribution < -0.4 is 15.5 Å². The summed E-state index contributed by atoms with van der Waals surface area (Å²) in [4.78, 5) is 16.6. The number of nitrogens with two attached hydrogens (primary N) is 1. The van der Waals surface area contributed by atoms with Gasteiger partial charge in [0.25, 0.3) is 0 Å². The Morgan fingerprint density at radius 1 is 1.21 bits per heavy atom. The van der Waals surface area contributed by atoms with Crippen LogP contribution in [0.1, 0.15) is 20.8 Å². The van der Waals surface area contributed by atoms with E-state index in [-0.39, 0.29) is 11.3 Å². The topological polar surface area (TPSA) is 49.6 Å². The molecule has 0 saturated heterocycles. The van der Waals surface area contributed by atoms with Gasteiger partial charge in [-0.2, -0.15) is 0 Å². The predicted octanol–water partition coefficient (Wildman–Crippen LogP) is 1.84. The fourth-order valence-electron chi connectivity index (χ4n) is 2.27. The molecule has 2 N–H and O–H groups in total. The molecular weight excluding hydrogens is 238 g/mol. The van der Waals surface area contributed by atoms with Gasteiger partial charge in [-0.15, -0.1) is 0 Å². The van der Waals surface area contributed by atoms with Gasteiger partial charge in [0.1, 0.15) is 0 Å². The number of amides is 1. The van der Waals surface area contributed by atoms with Gasteiger partial charge < -0.3 is 15.5 Å². The van der Waals surface area contributed by atoms with Crippen molar-refractivity contribution >= 4 is 17.3 Å². The molecule has 1 heterocycles. The summed E-state index contributed by atoms with van der Waals surface area (Å²) in [5.41, 5.74) is 7.93. The fourth-order valence-corrected chi connectivity index (χ4v) is 2.27. The van der Waals surface area contributed by atoms with E-state index in [1.807, 2.05) is 57.0 Å². The molecule has 0 saturated carbocycles. The lowest BCUT2D eigenvalue weighted by Crippen LogP contribution is -2.53. The summed E-state index contributed by atoms with van der Waals surface area (Å²) in [5.74, 6) is 0.00745. The molecule has 0 radical (unpaired) electrons. The number of carbonyl (C=O) groups is 1. The Morgan fingerprint density at radius 2 is 1.79 bits per heavy atom. The number of benzene rings is 1. The Hall–Kier alpha value is -1.55. The number of hydrogen-bond donors (Lipinski definition) is 1. The number of rotatable bonds is 1. The summed E-state index contributed by atoms with van der Waals surface area (Å²) >= 11 is 0. The monoisotopic (exact) mass is 261 g/mol. The summed E-state index contributed by atoms with van der Waals surface area (Å²) in [7, 11) is 2.05. The average molecular weight is 261 g/mol. The van der Waals surface area contributed by atoms with Gasteiger partial charge in [0.15, 0.2) is 0 Å². The molecule has 0 unspecified atom stereocenters. The number of likely N-dealkylation sites (N-methyl/N-ethyl adjacent to an activating group) is 1. The molecule has 4 nitrogen and oxygen atoms in total. The number of anilines is 2. The lowest BCUT2D eigenvalue weighted by Gasteiger charge is -2.38. The van der Waals surface area contributed by atoms with Crippen molar-refractivity contribution in [2.45, 2.75) is 26.8 Å². The predicted molar refractivity (Wildman–Crippen MR) is 79.5 cm³/mol. The second kappa shape index (κ2) is 4.85. The minimum atomic E-state index is -0.482. The molecule has 0 bridgehead atoms. The molecule has 0 aromatic heterocycles. The van der Waals surface area contributed by atoms with Crippen LogP contribution in [0.15, 0.2) is 24.3 Å². The first-order valence-corrected chi connectivity index (χ1v) is 6.69. The Morgan fingerprint density at radius 3 is 2.37 bits per heavy atom. The van der Waals surface area contributed by atoms with Gasteiger partial charge in [-0.25, -0.2) is 0 Å². The van der Waals surface area contributed by atoms with Crippen LogP contribution in [0, 0.1) is 5.41 Å². The molecular formula is C15H23N3O. The highest BCUT2D eigenvalue weighted by molar-refractivity contribution is 6.01. The van der Waals surface area contributed by atoms with E-state index in [2.05, 4.69) is 4.90 Å². The quantitative estimate of drug-likeness (QED) is 0.839. The Bertz CT molecular complexity index is 479. The van der Waals surface area contributed by atoms with E-state index in [1.54, 1.807) is 0 Å². The summed E-state index contributed by atoms with van der Waals surface area (Å²) in [6, 6.07) is 7.49. The first-order valence-electron chi connectivity index (χ1n) is 6.69. The summed E-state index contributed by atoms with van der Waals surface area (Å²) in [6.07, 6.45) is 0. The van der Waals surface area contributed by atoms with Crippen LogP contribution in [0.4, 0.5) is 11.4 Å². The van der Waals surface area contributed by atoms with E-state index in [0.717, 1.165) is 17.9 Å². The third-order valence-electron chi connectivity index (χ3n) is 3.71. The van der Waals surface area contributed by atoms with Crippen molar-refractivity contribution in [1.29, 1.82) is 0 Å². The van der Waals surface area contributed by atoms with Gasteiger partial charge in [-0.05, 0) is 17.5 Å². The first-order chi connectivity index (χ1) is 8.82. The normalized spacial score (nSPS) is 17.1. The second-order valence-corrected chi connectivity index (χ2v) is 6.24. The zero-order valence-corrected chi connectivity index (χ0v) is 12.2. The van der Waals surface area contributed by atoms with E-state index < -0.39 is 6.04 Å². The SMILES string of the molecule is CN1CCN(C(=O)[C@@H](N)C(C)(C)C)c2ccccc21. The van der Waals surface area contributed by atoms with E-state index in [1.165, 1.54) is 0 Å². The highest BCUT2D eigenvalue weighted by atomic mass is 16.2. The fraction of sp³-hybridized carbons (Fsp3) is 0.533. The highest BCUT2D eigenvalue weighted by Crippen LogP contribution is 2.33. The summed E-state index contributed by atoms with van der Waals surface area (Å²) in [6.45, 7) is 7.52. The average Bonchev–Trinajstić information content (AvgIpc) is 2.37. The van der Waals surface area contributed by atoms with E-state index >= 15 is 0 Å². The molecule has 0 fully saturated rings. The first kappa shape index (κ1) is 13.9. The molecule has 1 aliphatic rings. The van der Waals surface area contributed by atoms with Gasteiger partial charge >= 0.3 is 0 Å². The third kappa shape index (κ3) is 2.59. The number of para-hydroxylation sites is 2. The van der Waals surface area contributed by atoms with Crippen LogP contribution in [-0.4, -0.2) is 32.1 Å². The van der Waals surface area contributed by atoms with Crippen molar-refractivity contribution in [3.8, 4) is 0 Å². The van der Waals surface area contributed by atoms with Crippen molar-refractivity contribution in [1.82, 2.24) is 0 Å². The highest BCUT2D eigenvalue weighted by Gasteiger charge is 2.34. The van der Waals surface area contributed by atoms with Gasteiger partial charge in [0.05, 0.1) is 17.4 Å². The van der Waals surface area contributed by atoms with Crippen LogP contribution >= 0.6 is 0 Å². The molecule has 1 aromatic carbocycles.